The van der Waals surface area contributed by atoms with Crippen molar-refractivity contribution < 1.29 is 19.1 Å². The quantitative estimate of drug-likeness (QED) is 0.835. The Labute approximate surface area is 158 Å². The Hall–Kier alpha value is -3.02. The van der Waals surface area contributed by atoms with Gasteiger partial charge in [-0.15, -0.1) is 0 Å². The monoisotopic (exact) mass is 366 g/mol. The second-order valence-electron chi connectivity index (χ2n) is 6.81. The second kappa shape index (κ2) is 6.95. The lowest BCUT2D eigenvalue weighted by atomic mass is 10.1. The summed E-state index contributed by atoms with van der Waals surface area (Å²) in [6.45, 7) is 1.02. The summed E-state index contributed by atoms with van der Waals surface area (Å²) in [6, 6.07) is 13.3. The first-order valence-corrected chi connectivity index (χ1v) is 9.04. The Balaban J connectivity index is 1.57. The lowest BCUT2D eigenvalue weighted by Crippen LogP contribution is -2.36. The smallest absolute Gasteiger partial charge is 0.232 e. The number of hydrogen-bond acceptors (Lipinski definition) is 4. The second-order valence-corrected chi connectivity index (χ2v) is 6.81. The summed E-state index contributed by atoms with van der Waals surface area (Å²) in [5.74, 6) is 0.801. The average Bonchev–Trinajstić information content (AvgIpc) is 3.30. The van der Waals surface area contributed by atoms with Crippen LogP contribution < -0.4 is 19.3 Å². The molecule has 1 atom stereocenters. The molecule has 2 aromatic rings. The number of hydrogen-bond donors (Lipinski definition) is 0. The number of fused-ring (bicyclic) bond motifs is 1. The number of anilines is 2. The van der Waals surface area contributed by atoms with Gasteiger partial charge in [0.1, 0.15) is 11.5 Å². The van der Waals surface area contributed by atoms with E-state index in [2.05, 4.69) is 6.07 Å². The van der Waals surface area contributed by atoms with Crippen LogP contribution in [0.25, 0.3) is 0 Å². The largest absolute Gasteiger partial charge is 0.497 e. The third-order valence-corrected chi connectivity index (χ3v) is 5.30. The molecule has 2 aliphatic heterocycles. The minimum absolute atomic E-state index is 0.0117. The molecule has 140 valence electrons. The zero-order chi connectivity index (χ0) is 19.0. The number of carbonyl (C=O) groups is 2. The molecule has 2 heterocycles. The zero-order valence-electron chi connectivity index (χ0n) is 15.5. The van der Waals surface area contributed by atoms with E-state index in [1.807, 2.05) is 23.1 Å². The predicted octanol–water partition coefficient (Wildman–Crippen LogP) is 2.65. The van der Waals surface area contributed by atoms with Crippen LogP contribution in [-0.4, -0.2) is 39.1 Å². The molecule has 0 spiro atoms. The van der Waals surface area contributed by atoms with E-state index in [4.69, 9.17) is 9.47 Å². The van der Waals surface area contributed by atoms with Crippen molar-refractivity contribution >= 4 is 23.2 Å². The van der Waals surface area contributed by atoms with Crippen molar-refractivity contribution in [1.29, 1.82) is 0 Å². The summed E-state index contributed by atoms with van der Waals surface area (Å²) in [7, 11) is 3.14. The molecule has 0 N–H and O–H groups in total. The van der Waals surface area contributed by atoms with Crippen molar-refractivity contribution in [3.05, 3.63) is 48.0 Å². The number of amides is 2. The maximum absolute atomic E-state index is 13.1. The highest BCUT2D eigenvalue weighted by atomic mass is 16.5. The highest BCUT2D eigenvalue weighted by Crippen LogP contribution is 2.37. The van der Waals surface area contributed by atoms with E-state index >= 15 is 0 Å². The summed E-state index contributed by atoms with van der Waals surface area (Å²) >= 11 is 0. The van der Waals surface area contributed by atoms with Crippen LogP contribution in [0.2, 0.25) is 0 Å². The Morgan fingerprint density at radius 3 is 2.67 bits per heavy atom. The highest BCUT2D eigenvalue weighted by Gasteiger charge is 2.39. The van der Waals surface area contributed by atoms with Gasteiger partial charge >= 0.3 is 0 Å². The molecule has 6 heteroatoms. The van der Waals surface area contributed by atoms with Crippen LogP contribution >= 0.6 is 0 Å². The lowest BCUT2D eigenvalue weighted by molar-refractivity contribution is -0.124. The van der Waals surface area contributed by atoms with Gasteiger partial charge in [-0.05, 0) is 30.2 Å². The van der Waals surface area contributed by atoms with Gasteiger partial charge in [0.05, 0.1) is 25.8 Å². The normalized spacial score (nSPS) is 18.6. The molecule has 0 aliphatic carbocycles. The first-order chi connectivity index (χ1) is 13.1. The maximum atomic E-state index is 13.1. The minimum atomic E-state index is -0.362. The van der Waals surface area contributed by atoms with Crippen molar-refractivity contribution in [1.82, 2.24) is 0 Å². The number of para-hydroxylation sites is 1. The predicted molar refractivity (Wildman–Crippen MR) is 103 cm³/mol. The minimum Gasteiger partial charge on any atom is -0.497 e. The van der Waals surface area contributed by atoms with Gasteiger partial charge in [0, 0.05) is 31.3 Å². The molecular weight excluding hydrogens is 344 g/mol. The molecule has 4 rings (SSSR count). The number of nitrogens with zero attached hydrogens (tertiary/aromatic N) is 2. The van der Waals surface area contributed by atoms with Gasteiger partial charge in [-0.25, -0.2) is 0 Å². The summed E-state index contributed by atoms with van der Waals surface area (Å²) < 4.78 is 10.7. The van der Waals surface area contributed by atoms with E-state index in [0.29, 0.717) is 30.3 Å². The van der Waals surface area contributed by atoms with Crippen LogP contribution in [0, 0.1) is 5.92 Å². The van der Waals surface area contributed by atoms with E-state index < -0.39 is 0 Å². The molecule has 0 aromatic heterocycles. The molecule has 1 saturated heterocycles. The fourth-order valence-corrected chi connectivity index (χ4v) is 3.90. The summed E-state index contributed by atoms with van der Waals surface area (Å²) in [5.41, 5.74) is 2.79. The first kappa shape index (κ1) is 17.4. The Kier molecular flexibility index (Phi) is 4.48. The molecule has 0 saturated carbocycles. The number of methoxy groups -OCH3 is 2. The van der Waals surface area contributed by atoms with E-state index in [-0.39, 0.29) is 24.2 Å². The van der Waals surface area contributed by atoms with Crippen molar-refractivity contribution in [2.45, 2.75) is 12.8 Å². The Morgan fingerprint density at radius 1 is 1.07 bits per heavy atom. The SMILES string of the molecule is COc1ccc(OC)c(N2C[C@@H](C(=O)N3CCc4ccccc43)CC2=O)c1. The molecule has 6 nitrogen and oxygen atoms in total. The van der Waals surface area contributed by atoms with Gasteiger partial charge in [0.15, 0.2) is 0 Å². The van der Waals surface area contributed by atoms with Crippen molar-refractivity contribution in [3.8, 4) is 11.5 Å². The van der Waals surface area contributed by atoms with Gasteiger partial charge in [-0.2, -0.15) is 0 Å². The van der Waals surface area contributed by atoms with E-state index in [9.17, 15) is 9.59 Å². The fraction of sp³-hybridized carbons (Fsp3) is 0.333. The van der Waals surface area contributed by atoms with Gasteiger partial charge in [-0.1, -0.05) is 18.2 Å². The molecule has 0 radical (unpaired) electrons. The standard InChI is InChI=1S/C21H22N2O4/c1-26-16-7-8-19(27-2)18(12-16)23-13-15(11-20(23)24)21(25)22-10-9-14-5-3-4-6-17(14)22/h3-8,12,15H,9-11,13H2,1-2H3/t15-/m0/s1. The van der Waals surface area contributed by atoms with Gasteiger partial charge in [0.25, 0.3) is 0 Å². The lowest BCUT2D eigenvalue weighted by Gasteiger charge is -2.23. The summed E-state index contributed by atoms with van der Waals surface area (Å²) in [5, 5.41) is 0. The summed E-state index contributed by atoms with van der Waals surface area (Å²) in [4.78, 5) is 29.2. The maximum Gasteiger partial charge on any atom is 0.232 e. The number of ether oxygens (including phenoxy) is 2. The van der Waals surface area contributed by atoms with Crippen LogP contribution in [0.5, 0.6) is 11.5 Å². The summed E-state index contributed by atoms with van der Waals surface area (Å²) in [6.07, 6.45) is 1.06. The molecule has 2 amide bonds. The molecule has 1 fully saturated rings. The first-order valence-electron chi connectivity index (χ1n) is 9.04. The van der Waals surface area contributed by atoms with Gasteiger partial charge in [0.2, 0.25) is 11.8 Å². The number of rotatable bonds is 4. The molecule has 0 bridgehead atoms. The van der Waals surface area contributed by atoms with Gasteiger partial charge < -0.3 is 19.3 Å². The van der Waals surface area contributed by atoms with Crippen LogP contribution in [0.15, 0.2) is 42.5 Å². The topological polar surface area (TPSA) is 59.1 Å². The average molecular weight is 366 g/mol. The van der Waals surface area contributed by atoms with Gasteiger partial charge in [-0.3, -0.25) is 9.59 Å². The highest BCUT2D eigenvalue weighted by molar-refractivity contribution is 6.05. The van der Waals surface area contributed by atoms with E-state index in [1.54, 1.807) is 37.3 Å². The molecule has 2 aromatic carbocycles. The van der Waals surface area contributed by atoms with Crippen molar-refractivity contribution in [2.75, 3.05) is 37.1 Å². The van der Waals surface area contributed by atoms with Crippen LogP contribution in [-0.2, 0) is 16.0 Å². The molecule has 27 heavy (non-hydrogen) atoms. The van der Waals surface area contributed by atoms with Crippen molar-refractivity contribution in [3.63, 3.8) is 0 Å². The Bertz CT molecular complexity index is 896. The number of benzene rings is 2. The third kappa shape index (κ3) is 3.01. The van der Waals surface area contributed by atoms with Crippen LogP contribution in [0.4, 0.5) is 11.4 Å². The molecular formula is C21H22N2O4. The van der Waals surface area contributed by atoms with Crippen molar-refractivity contribution in [2.24, 2.45) is 5.92 Å². The molecule has 2 aliphatic rings. The van der Waals surface area contributed by atoms with Crippen LogP contribution in [0.3, 0.4) is 0 Å². The number of carbonyl (C=O) groups excluding carboxylic acids is 2. The van der Waals surface area contributed by atoms with E-state index in [0.717, 1.165) is 12.1 Å². The van der Waals surface area contributed by atoms with Crippen LogP contribution in [0.1, 0.15) is 12.0 Å². The Morgan fingerprint density at radius 2 is 1.89 bits per heavy atom. The third-order valence-electron chi connectivity index (χ3n) is 5.30. The zero-order valence-corrected chi connectivity index (χ0v) is 15.5. The fourth-order valence-electron chi connectivity index (χ4n) is 3.90. The van der Waals surface area contributed by atoms with E-state index in [1.165, 1.54) is 5.56 Å². The molecule has 0 unspecified atom stereocenters.